The topological polar surface area (TPSA) is 83.5 Å². The van der Waals surface area contributed by atoms with Gasteiger partial charge in [-0.05, 0) is 13.8 Å². The molecule has 0 saturated carbocycles. The second-order valence-corrected chi connectivity index (χ2v) is 1.58. The SMILES string of the molecule is CC(N)O.CC=CC(=O)O. The Hall–Kier alpha value is -0.870. The van der Waals surface area contributed by atoms with Gasteiger partial charge in [0.1, 0.15) is 0 Å². The van der Waals surface area contributed by atoms with Gasteiger partial charge in [0.2, 0.25) is 0 Å². The van der Waals surface area contributed by atoms with E-state index < -0.39 is 12.2 Å². The zero-order valence-corrected chi connectivity index (χ0v) is 6.11. The van der Waals surface area contributed by atoms with Crippen LogP contribution in [-0.2, 0) is 4.79 Å². The maximum atomic E-state index is 9.51. The number of rotatable bonds is 1. The van der Waals surface area contributed by atoms with Crippen LogP contribution < -0.4 is 5.73 Å². The fourth-order valence-corrected chi connectivity index (χ4v) is 0.143. The summed E-state index contributed by atoms with van der Waals surface area (Å²) in [6.07, 6.45) is 1.89. The number of aliphatic carboxylic acids is 1. The van der Waals surface area contributed by atoms with Crippen molar-refractivity contribution in [2.75, 3.05) is 0 Å². The van der Waals surface area contributed by atoms with Gasteiger partial charge in [-0.2, -0.15) is 0 Å². The third kappa shape index (κ3) is 59.1. The fourth-order valence-electron chi connectivity index (χ4n) is 0.143. The molecule has 0 radical (unpaired) electrons. The summed E-state index contributed by atoms with van der Waals surface area (Å²) in [4.78, 5) is 9.51. The van der Waals surface area contributed by atoms with Crippen LogP contribution in [0.3, 0.4) is 0 Å². The van der Waals surface area contributed by atoms with Crippen LogP contribution in [0.4, 0.5) is 0 Å². The van der Waals surface area contributed by atoms with Gasteiger partial charge in [0.25, 0.3) is 0 Å². The number of carbonyl (C=O) groups is 1. The first-order valence-electron chi connectivity index (χ1n) is 2.80. The molecule has 0 aromatic heterocycles. The summed E-state index contributed by atoms with van der Waals surface area (Å²) < 4.78 is 0. The van der Waals surface area contributed by atoms with Crippen LogP contribution in [0.25, 0.3) is 0 Å². The monoisotopic (exact) mass is 147 g/mol. The van der Waals surface area contributed by atoms with E-state index in [-0.39, 0.29) is 0 Å². The standard InChI is InChI=1S/C4H6O2.C2H7NO/c1-2-3-4(5)6;1-2(3)4/h2-3H,1H3,(H,5,6);2,4H,3H2,1H3. The molecule has 0 bridgehead atoms. The van der Waals surface area contributed by atoms with Gasteiger partial charge >= 0.3 is 5.97 Å². The lowest BCUT2D eigenvalue weighted by molar-refractivity contribution is -0.131. The summed E-state index contributed by atoms with van der Waals surface area (Å²) >= 11 is 0. The van der Waals surface area contributed by atoms with Gasteiger partial charge in [0.15, 0.2) is 0 Å². The van der Waals surface area contributed by atoms with E-state index in [1.54, 1.807) is 6.92 Å². The van der Waals surface area contributed by atoms with Crippen LogP contribution in [0.15, 0.2) is 12.2 Å². The molecule has 0 aliphatic rings. The van der Waals surface area contributed by atoms with Gasteiger partial charge < -0.3 is 15.9 Å². The number of nitrogens with two attached hydrogens (primary N) is 1. The Labute approximate surface area is 60.0 Å². The number of allylic oxidation sites excluding steroid dienone is 1. The largest absolute Gasteiger partial charge is 0.478 e. The molecule has 0 rings (SSSR count). The molecule has 10 heavy (non-hydrogen) atoms. The van der Waals surface area contributed by atoms with E-state index in [4.69, 9.17) is 10.2 Å². The highest BCUT2D eigenvalue weighted by atomic mass is 16.4. The summed E-state index contributed by atoms with van der Waals surface area (Å²) in [5.74, 6) is -0.891. The third-order valence-corrected chi connectivity index (χ3v) is 0.309. The van der Waals surface area contributed by atoms with E-state index >= 15 is 0 Å². The first kappa shape index (κ1) is 11.9. The van der Waals surface area contributed by atoms with Crippen molar-refractivity contribution in [1.29, 1.82) is 0 Å². The number of carboxylic acids is 1. The second-order valence-electron chi connectivity index (χ2n) is 1.58. The summed E-state index contributed by atoms with van der Waals surface area (Å²) in [7, 11) is 0. The van der Waals surface area contributed by atoms with Crippen LogP contribution in [-0.4, -0.2) is 22.4 Å². The van der Waals surface area contributed by atoms with E-state index in [9.17, 15) is 4.79 Å². The maximum absolute atomic E-state index is 9.51. The van der Waals surface area contributed by atoms with E-state index in [2.05, 4.69) is 5.73 Å². The van der Waals surface area contributed by atoms with Crippen molar-refractivity contribution in [1.82, 2.24) is 0 Å². The molecule has 1 unspecified atom stereocenters. The molecule has 0 heterocycles. The molecule has 4 N–H and O–H groups in total. The summed E-state index contributed by atoms with van der Waals surface area (Å²) in [5.41, 5.74) is 4.67. The highest BCUT2D eigenvalue weighted by Gasteiger charge is 1.76. The minimum atomic E-state index is -0.891. The maximum Gasteiger partial charge on any atom is 0.327 e. The number of aliphatic hydroxyl groups is 1. The van der Waals surface area contributed by atoms with Gasteiger partial charge in [-0.1, -0.05) is 6.08 Å². The smallest absolute Gasteiger partial charge is 0.327 e. The average molecular weight is 147 g/mol. The van der Waals surface area contributed by atoms with Crippen LogP contribution in [0.2, 0.25) is 0 Å². The van der Waals surface area contributed by atoms with Crippen molar-refractivity contribution in [2.24, 2.45) is 5.73 Å². The van der Waals surface area contributed by atoms with Crippen LogP contribution >= 0.6 is 0 Å². The lowest BCUT2D eigenvalue weighted by Gasteiger charge is -1.82. The lowest BCUT2D eigenvalue weighted by atomic mass is 10.5. The molecule has 60 valence electrons. The highest BCUT2D eigenvalue weighted by molar-refractivity contribution is 5.79. The molecule has 0 aromatic carbocycles. The Bertz CT molecular complexity index is 107. The number of carboxylic acid groups (broad SMARTS) is 1. The van der Waals surface area contributed by atoms with Gasteiger partial charge in [-0.3, -0.25) is 0 Å². The molecule has 0 spiro atoms. The van der Waals surface area contributed by atoms with Crippen molar-refractivity contribution < 1.29 is 15.0 Å². The molecule has 0 saturated heterocycles. The van der Waals surface area contributed by atoms with Crippen molar-refractivity contribution >= 4 is 5.97 Å². The average Bonchev–Trinajstić information content (AvgIpc) is 1.62. The van der Waals surface area contributed by atoms with Gasteiger partial charge in [0.05, 0.1) is 6.23 Å². The predicted molar refractivity (Wildman–Crippen MR) is 38.3 cm³/mol. The molecular formula is C6H13NO3. The molecule has 0 fully saturated rings. The van der Waals surface area contributed by atoms with Gasteiger partial charge in [0, 0.05) is 6.08 Å². The Morgan fingerprint density at radius 1 is 1.70 bits per heavy atom. The van der Waals surface area contributed by atoms with Gasteiger partial charge in [-0.25, -0.2) is 4.79 Å². The molecule has 0 aromatic rings. The number of hydrogen-bond donors (Lipinski definition) is 3. The number of aliphatic hydroxyl groups excluding tert-OH is 1. The van der Waals surface area contributed by atoms with E-state index in [0.717, 1.165) is 6.08 Å². The zero-order valence-electron chi connectivity index (χ0n) is 6.11. The Morgan fingerprint density at radius 3 is 2.00 bits per heavy atom. The molecule has 1 atom stereocenters. The minimum absolute atomic E-state index is 0.667. The van der Waals surface area contributed by atoms with Crippen molar-refractivity contribution in [3.63, 3.8) is 0 Å². The number of hydrogen-bond acceptors (Lipinski definition) is 3. The van der Waals surface area contributed by atoms with Crippen molar-refractivity contribution in [2.45, 2.75) is 20.1 Å². The molecule has 4 nitrogen and oxygen atoms in total. The van der Waals surface area contributed by atoms with Crippen LogP contribution in [0, 0.1) is 0 Å². The first-order chi connectivity index (χ1) is 4.50. The van der Waals surface area contributed by atoms with E-state index in [1.165, 1.54) is 13.0 Å². The second kappa shape index (κ2) is 8.13. The first-order valence-corrected chi connectivity index (χ1v) is 2.80. The minimum Gasteiger partial charge on any atom is -0.478 e. The zero-order chi connectivity index (χ0) is 8.57. The molecule has 0 aliphatic heterocycles. The quantitative estimate of drug-likeness (QED) is 0.358. The highest BCUT2D eigenvalue weighted by Crippen LogP contribution is 1.65. The van der Waals surface area contributed by atoms with E-state index in [1.807, 2.05) is 0 Å². The molecule has 0 aliphatic carbocycles. The van der Waals surface area contributed by atoms with E-state index in [0.29, 0.717) is 0 Å². The van der Waals surface area contributed by atoms with Gasteiger partial charge in [-0.15, -0.1) is 0 Å². The molecular weight excluding hydrogens is 134 g/mol. The Kier molecular flexibility index (Phi) is 9.65. The lowest BCUT2D eigenvalue weighted by Crippen LogP contribution is -2.11. The van der Waals surface area contributed by atoms with Crippen molar-refractivity contribution in [3.05, 3.63) is 12.2 Å². The van der Waals surface area contributed by atoms with Crippen LogP contribution in [0.1, 0.15) is 13.8 Å². The Morgan fingerprint density at radius 2 is 2.00 bits per heavy atom. The predicted octanol–water partition coefficient (Wildman–Crippen LogP) is -0.0695. The van der Waals surface area contributed by atoms with Crippen molar-refractivity contribution in [3.8, 4) is 0 Å². The fraction of sp³-hybridized carbons (Fsp3) is 0.500. The summed E-state index contributed by atoms with van der Waals surface area (Å²) in [5, 5.41) is 15.7. The molecule has 0 amide bonds. The third-order valence-electron chi connectivity index (χ3n) is 0.309. The Balaban J connectivity index is 0. The summed E-state index contributed by atoms with van der Waals surface area (Å²) in [6, 6.07) is 0. The summed E-state index contributed by atoms with van der Waals surface area (Å²) in [6.45, 7) is 3.16. The normalized spacial score (nSPS) is 12.0. The van der Waals surface area contributed by atoms with Crippen LogP contribution in [0.5, 0.6) is 0 Å². The molecule has 4 heteroatoms.